The van der Waals surface area contributed by atoms with Crippen LogP contribution in [0.25, 0.3) is 0 Å². The molecule has 1 aromatic heterocycles. The summed E-state index contributed by atoms with van der Waals surface area (Å²) >= 11 is 0. The number of aromatic amines is 1. The summed E-state index contributed by atoms with van der Waals surface area (Å²) in [6, 6.07) is 4.75. The first-order chi connectivity index (χ1) is 11.4. The lowest BCUT2D eigenvalue weighted by atomic mass is 9.64. The van der Waals surface area contributed by atoms with Crippen molar-refractivity contribution >= 4 is 24.8 Å². The molecule has 2 heterocycles. The molecule has 1 atom stereocenters. The average Bonchev–Trinajstić information content (AvgIpc) is 2.92. The van der Waals surface area contributed by atoms with Crippen LogP contribution in [-0.2, 0) is 17.6 Å². The van der Waals surface area contributed by atoms with Crippen molar-refractivity contribution in [1.82, 2.24) is 15.2 Å². The van der Waals surface area contributed by atoms with Gasteiger partial charge in [-0.2, -0.15) is 4.98 Å². The zero-order chi connectivity index (χ0) is 17.3. The lowest BCUT2D eigenvalue weighted by Crippen LogP contribution is -2.36. The Hall–Kier alpha value is -2.88. The van der Waals surface area contributed by atoms with E-state index in [1.54, 1.807) is 12.1 Å². The van der Waals surface area contributed by atoms with Gasteiger partial charge in [-0.25, -0.2) is 4.79 Å². The predicted molar refractivity (Wildman–Crippen MR) is 83.6 cm³/mol. The number of rotatable bonds is 5. The van der Waals surface area contributed by atoms with Crippen LogP contribution in [-0.4, -0.2) is 44.2 Å². The molecule has 0 spiro atoms. The summed E-state index contributed by atoms with van der Waals surface area (Å²) in [6.45, 7) is 0. The van der Waals surface area contributed by atoms with Gasteiger partial charge in [-0.05, 0) is 18.1 Å². The quantitative estimate of drug-likeness (QED) is 0.562. The standard InChI is InChI=1S/C14H15BN4O5/c16-14-17-11(18-19-14)6-9(20)5-8-4-7-2-1-3-10(13(21)22)12(7)24-15(8)23/h1-3,8,23H,4-6H2,(H,21,22)(H3,16,17,18,19)/t8-/m1/s1. The Labute approximate surface area is 137 Å². The fourth-order valence-electron chi connectivity index (χ4n) is 2.77. The molecule has 0 bridgehead atoms. The van der Waals surface area contributed by atoms with Gasteiger partial charge in [0.05, 0.1) is 12.0 Å². The van der Waals surface area contributed by atoms with E-state index in [1.807, 2.05) is 0 Å². The number of hydrogen-bond donors (Lipinski definition) is 4. The number of para-hydroxylation sites is 1. The number of anilines is 1. The van der Waals surface area contributed by atoms with E-state index in [-0.39, 0.29) is 35.9 Å². The molecule has 0 amide bonds. The van der Waals surface area contributed by atoms with Gasteiger partial charge < -0.3 is 20.5 Å². The second-order valence-electron chi connectivity index (χ2n) is 5.63. The monoisotopic (exact) mass is 330 g/mol. The van der Waals surface area contributed by atoms with Gasteiger partial charge in [-0.3, -0.25) is 9.89 Å². The van der Waals surface area contributed by atoms with Gasteiger partial charge in [0.25, 0.3) is 0 Å². The Bertz CT molecular complexity index is 793. The van der Waals surface area contributed by atoms with Gasteiger partial charge in [0.1, 0.15) is 17.4 Å². The summed E-state index contributed by atoms with van der Waals surface area (Å²) in [7, 11) is -1.25. The number of H-pyrrole nitrogens is 1. The molecule has 2 aromatic rings. The maximum Gasteiger partial charge on any atom is 0.526 e. The van der Waals surface area contributed by atoms with E-state index in [9.17, 15) is 14.6 Å². The van der Waals surface area contributed by atoms with Gasteiger partial charge in [-0.15, -0.1) is 5.10 Å². The highest BCUT2D eigenvalue weighted by molar-refractivity contribution is 6.47. The lowest BCUT2D eigenvalue weighted by Gasteiger charge is -2.27. The summed E-state index contributed by atoms with van der Waals surface area (Å²) < 4.78 is 5.36. The van der Waals surface area contributed by atoms with Gasteiger partial charge in [0.2, 0.25) is 5.95 Å². The molecule has 10 heteroatoms. The van der Waals surface area contributed by atoms with Gasteiger partial charge in [0, 0.05) is 12.2 Å². The number of Topliss-reactive ketones (excluding diaryl/α,β-unsaturated/α-hetero) is 1. The van der Waals surface area contributed by atoms with Crippen LogP contribution in [0, 0.1) is 0 Å². The molecule has 9 nitrogen and oxygen atoms in total. The minimum atomic E-state index is -1.25. The third kappa shape index (κ3) is 3.23. The van der Waals surface area contributed by atoms with E-state index < -0.39 is 18.9 Å². The zero-order valence-corrected chi connectivity index (χ0v) is 12.6. The first-order valence-electron chi connectivity index (χ1n) is 7.32. The smallest absolute Gasteiger partial charge is 0.526 e. The van der Waals surface area contributed by atoms with Crippen LogP contribution in [0.3, 0.4) is 0 Å². The molecule has 0 unspecified atom stereocenters. The number of hydrogen-bond acceptors (Lipinski definition) is 7. The average molecular weight is 330 g/mol. The van der Waals surface area contributed by atoms with Crippen LogP contribution in [0.15, 0.2) is 18.2 Å². The molecule has 1 aliphatic heterocycles. The minimum absolute atomic E-state index is 0.00605. The number of nitrogen functional groups attached to an aromatic ring is 1. The molecule has 0 fully saturated rings. The normalized spacial score (nSPS) is 16.4. The zero-order valence-electron chi connectivity index (χ0n) is 12.6. The second kappa shape index (κ2) is 6.32. The van der Waals surface area contributed by atoms with Crippen molar-refractivity contribution in [3.63, 3.8) is 0 Å². The van der Waals surface area contributed by atoms with Crippen LogP contribution in [0.1, 0.15) is 28.2 Å². The van der Waals surface area contributed by atoms with Crippen molar-refractivity contribution < 1.29 is 24.4 Å². The first-order valence-corrected chi connectivity index (χ1v) is 7.32. The molecule has 0 saturated heterocycles. The van der Waals surface area contributed by atoms with Crippen molar-refractivity contribution in [2.24, 2.45) is 0 Å². The van der Waals surface area contributed by atoms with Crippen LogP contribution in [0.4, 0.5) is 5.95 Å². The van der Waals surface area contributed by atoms with Crippen LogP contribution >= 0.6 is 0 Å². The molecule has 1 aromatic carbocycles. The third-order valence-corrected chi connectivity index (χ3v) is 3.85. The number of nitrogens with one attached hydrogen (secondary N) is 1. The van der Waals surface area contributed by atoms with Crippen molar-refractivity contribution in [2.75, 3.05) is 5.73 Å². The topological polar surface area (TPSA) is 151 Å². The number of carboxylic acids is 1. The number of aromatic carboxylic acids is 1. The molecule has 1 aliphatic rings. The van der Waals surface area contributed by atoms with Crippen LogP contribution in [0.2, 0.25) is 5.82 Å². The Balaban J connectivity index is 1.71. The molecule has 24 heavy (non-hydrogen) atoms. The van der Waals surface area contributed by atoms with Crippen LogP contribution < -0.4 is 10.4 Å². The fraction of sp³-hybridized carbons (Fsp3) is 0.286. The highest BCUT2D eigenvalue weighted by Crippen LogP contribution is 2.36. The third-order valence-electron chi connectivity index (χ3n) is 3.85. The van der Waals surface area contributed by atoms with E-state index in [0.29, 0.717) is 17.8 Å². The number of fused-ring (bicyclic) bond motifs is 1. The number of carboxylic acid groups (broad SMARTS) is 1. The molecular formula is C14H15BN4O5. The van der Waals surface area contributed by atoms with E-state index in [2.05, 4.69) is 15.2 Å². The number of carbonyl (C=O) groups excluding carboxylic acids is 1. The van der Waals surface area contributed by atoms with Crippen molar-refractivity contribution in [3.05, 3.63) is 35.2 Å². The maximum absolute atomic E-state index is 12.1. The van der Waals surface area contributed by atoms with Gasteiger partial charge in [0.15, 0.2) is 0 Å². The van der Waals surface area contributed by atoms with E-state index in [1.165, 1.54) is 6.07 Å². The number of carbonyl (C=O) groups is 2. The summed E-state index contributed by atoms with van der Waals surface area (Å²) in [5.74, 6) is -1.17. The Morgan fingerprint density at radius 2 is 2.25 bits per heavy atom. The SMILES string of the molecule is Nc1n[nH]c(CC(=O)C[C@H]2Cc3cccc(C(=O)O)c3OB2O)n1. The number of ketones is 1. The van der Waals surface area contributed by atoms with Gasteiger partial charge in [-0.1, -0.05) is 12.1 Å². The molecule has 0 saturated carbocycles. The highest BCUT2D eigenvalue weighted by atomic mass is 16.5. The molecule has 3 rings (SSSR count). The Morgan fingerprint density at radius 1 is 1.46 bits per heavy atom. The van der Waals surface area contributed by atoms with Crippen molar-refractivity contribution in [3.8, 4) is 5.75 Å². The minimum Gasteiger partial charge on any atom is -0.535 e. The number of nitrogens with two attached hydrogens (primary N) is 1. The summed E-state index contributed by atoms with van der Waals surface area (Å²) in [5.41, 5.74) is 6.03. The van der Waals surface area contributed by atoms with E-state index in [0.717, 1.165) is 0 Å². The van der Waals surface area contributed by atoms with Crippen molar-refractivity contribution in [2.45, 2.75) is 25.1 Å². The van der Waals surface area contributed by atoms with E-state index in [4.69, 9.17) is 15.5 Å². The molecule has 0 aliphatic carbocycles. The largest absolute Gasteiger partial charge is 0.535 e. The first kappa shape index (κ1) is 16.0. The lowest BCUT2D eigenvalue weighted by molar-refractivity contribution is -0.118. The number of aromatic nitrogens is 3. The van der Waals surface area contributed by atoms with E-state index >= 15 is 0 Å². The Kier molecular flexibility index (Phi) is 4.21. The molecule has 124 valence electrons. The van der Waals surface area contributed by atoms with Crippen LogP contribution in [0.5, 0.6) is 5.75 Å². The highest BCUT2D eigenvalue weighted by Gasteiger charge is 2.37. The molecule has 5 N–H and O–H groups in total. The maximum atomic E-state index is 12.1. The summed E-state index contributed by atoms with van der Waals surface area (Å²) in [5, 5.41) is 25.5. The Morgan fingerprint density at radius 3 is 2.92 bits per heavy atom. The predicted octanol–water partition coefficient (Wildman–Crippen LogP) is 0.0726. The summed E-state index contributed by atoms with van der Waals surface area (Å²) in [6.07, 6.45) is 0.440. The molecular weight excluding hydrogens is 315 g/mol. The second-order valence-corrected chi connectivity index (χ2v) is 5.63. The number of nitrogens with zero attached hydrogens (tertiary/aromatic N) is 2. The molecule has 0 radical (unpaired) electrons. The van der Waals surface area contributed by atoms with Crippen molar-refractivity contribution in [1.29, 1.82) is 0 Å². The fourth-order valence-corrected chi connectivity index (χ4v) is 2.77. The van der Waals surface area contributed by atoms with Gasteiger partial charge >= 0.3 is 13.1 Å². The number of benzene rings is 1. The summed E-state index contributed by atoms with van der Waals surface area (Å²) in [4.78, 5) is 27.2.